The molecule has 0 aromatic heterocycles. The summed E-state index contributed by atoms with van der Waals surface area (Å²) in [5.74, 6) is 2.91. The molecule has 2 aliphatic rings. The molecular formula is C23H42O. The molecule has 0 aliphatic heterocycles. The van der Waals surface area contributed by atoms with Crippen LogP contribution in [0.5, 0.6) is 0 Å². The van der Waals surface area contributed by atoms with E-state index in [-0.39, 0.29) is 0 Å². The Hall–Kier alpha value is -0.300. The van der Waals surface area contributed by atoms with Crippen LogP contribution < -0.4 is 0 Å². The summed E-state index contributed by atoms with van der Waals surface area (Å²) in [7, 11) is 0. The molecule has 0 amide bonds. The van der Waals surface area contributed by atoms with Crippen LogP contribution in [0, 0.1) is 17.8 Å². The average molecular weight is 335 g/mol. The summed E-state index contributed by atoms with van der Waals surface area (Å²) in [5, 5.41) is 0. The van der Waals surface area contributed by atoms with Crippen LogP contribution in [0.25, 0.3) is 0 Å². The summed E-state index contributed by atoms with van der Waals surface area (Å²) >= 11 is 0. The highest BCUT2D eigenvalue weighted by Crippen LogP contribution is 2.36. The van der Waals surface area contributed by atoms with E-state index in [1.54, 1.807) is 0 Å². The van der Waals surface area contributed by atoms with Crippen molar-refractivity contribution in [2.45, 2.75) is 110 Å². The number of ether oxygens (including phenoxy) is 1. The Labute approximate surface area is 151 Å². The van der Waals surface area contributed by atoms with Crippen molar-refractivity contribution >= 4 is 0 Å². The molecule has 0 unspecified atom stereocenters. The SMILES string of the molecule is C/C=C/C1CCC(CCC2CCC(OCCCCCC)CC2)CC1. The smallest absolute Gasteiger partial charge is 0.0575 e. The van der Waals surface area contributed by atoms with E-state index in [1.807, 2.05) is 0 Å². The van der Waals surface area contributed by atoms with E-state index >= 15 is 0 Å². The van der Waals surface area contributed by atoms with Crippen LogP contribution in [-0.4, -0.2) is 12.7 Å². The van der Waals surface area contributed by atoms with Gasteiger partial charge < -0.3 is 4.74 Å². The average Bonchev–Trinajstić information content (AvgIpc) is 2.62. The third-order valence-electron chi connectivity index (χ3n) is 6.48. The maximum Gasteiger partial charge on any atom is 0.0575 e. The van der Waals surface area contributed by atoms with Gasteiger partial charge in [-0.1, -0.05) is 51.2 Å². The Morgan fingerprint density at radius 1 is 0.792 bits per heavy atom. The highest BCUT2D eigenvalue weighted by Gasteiger charge is 2.24. The van der Waals surface area contributed by atoms with Crippen molar-refractivity contribution in [2.75, 3.05) is 6.61 Å². The number of rotatable bonds is 10. The molecule has 2 rings (SSSR count). The second-order valence-electron chi connectivity index (χ2n) is 8.46. The molecule has 0 radical (unpaired) electrons. The zero-order valence-corrected chi connectivity index (χ0v) is 16.5. The number of allylic oxidation sites excluding steroid dienone is 2. The van der Waals surface area contributed by atoms with Crippen molar-refractivity contribution < 1.29 is 4.74 Å². The third-order valence-corrected chi connectivity index (χ3v) is 6.48. The minimum Gasteiger partial charge on any atom is -0.378 e. The fourth-order valence-electron chi connectivity index (χ4n) is 4.78. The molecule has 140 valence electrons. The maximum atomic E-state index is 6.10. The van der Waals surface area contributed by atoms with Gasteiger partial charge in [-0.2, -0.15) is 0 Å². The Balaban J connectivity index is 1.49. The first-order valence-corrected chi connectivity index (χ1v) is 11.1. The zero-order chi connectivity index (χ0) is 17.0. The van der Waals surface area contributed by atoms with Crippen molar-refractivity contribution in [3.05, 3.63) is 12.2 Å². The first kappa shape index (κ1) is 20.0. The lowest BCUT2D eigenvalue weighted by molar-refractivity contribution is 0.0145. The van der Waals surface area contributed by atoms with E-state index in [1.165, 1.54) is 89.9 Å². The van der Waals surface area contributed by atoms with E-state index in [9.17, 15) is 0 Å². The standard InChI is InChI=1S/C23H42O/c1-3-5-6-7-19-24-23-17-15-22(16-18-23)14-13-21-11-9-20(8-4-2)10-12-21/h4,8,20-23H,3,5-7,9-19H2,1-2H3/b8-4+. The number of hydrogen-bond donors (Lipinski definition) is 0. The van der Waals surface area contributed by atoms with Crippen molar-refractivity contribution in [3.63, 3.8) is 0 Å². The van der Waals surface area contributed by atoms with Crippen molar-refractivity contribution in [3.8, 4) is 0 Å². The molecule has 1 heteroatoms. The molecule has 2 fully saturated rings. The summed E-state index contributed by atoms with van der Waals surface area (Å²) in [6.45, 7) is 5.44. The zero-order valence-electron chi connectivity index (χ0n) is 16.5. The van der Waals surface area contributed by atoms with Gasteiger partial charge in [-0.25, -0.2) is 0 Å². The van der Waals surface area contributed by atoms with Gasteiger partial charge in [0.2, 0.25) is 0 Å². The minimum absolute atomic E-state index is 0.583. The van der Waals surface area contributed by atoms with E-state index in [0.717, 1.165) is 24.4 Å². The van der Waals surface area contributed by atoms with Crippen LogP contribution in [0.2, 0.25) is 0 Å². The summed E-state index contributed by atoms with van der Waals surface area (Å²) in [6, 6.07) is 0. The first-order chi connectivity index (χ1) is 11.8. The van der Waals surface area contributed by atoms with E-state index in [2.05, 4.69) is 26.0 Å². The van der Waals surface area contributed by atoms with Crippen LogP contribution in [0.1, 0.15) is 104 Å². The second-order valence-corrected chi connectivity index (χ2v) is 8.46. The van der Waals surface area contributed by atoms with Gasteiger partial charge in [0.1, 0.15) is 0 Å². The largest absolute Gasteiger partial charge is 0.378 e. The predicted molar refractivity (Wildman–Crippen MR) is 105 cm³/mol. The fourth-order valence-corrected chi connectivity index (χ4v) is 4.78. The topological polar surface area (TPSA) is 9.23 Å². The molecule has 0 N–H and O–H groups in total. The molecule has 24 heavy (non-hydrogen) atoms. The third kappa shape index (κ3) is 7.72. The van der Waals surface area contributed by atoms with Crippen molar-refractivity contribution in [2.24, 2.45) is 17.8 Å². The molecule has 0 saturated heterocycles. The Kier molecular flexibility index (Phi) is 10.1. The highest BCUT2D eigenvalue weighted by molar-refractivity contribution is 4.89. The summed E-state index contributed by atoms with van der Waals surface area (Å²) in [6.07, 6.45) is 24.9. The van der Waals surface area contributed by atoms with Gasteiger partial charge in [-0.15, -0.1) is 0 Å². The van der Waals surface area contributed by atoms with Gasteiger partial charge >= 0.3 is 0 Å². The molecule has 0 aromatic carbocycles. The molecule has 0 heterocycles. The van der Waals surface area contributed by atoms with E-state index < -0.39 is 0 Å². The molecule has 0 spiro atoms. The minimum atomic E-state index is 0.583. The lowest BCUT2D eigenvalue weighted by Gasteiger charge is -2.31. The molecule has 1 nitrogen and oxygen atoms in total. The van der Waals surface area contributed by atoms with Gasteiger partial charge in [-0.05, 0) is 82.5 Å². The van der Waals surface area contributed by atoms with Crippen molar-refractivity contribution in [1.82, 2.24) is 0 Å². The first-order valence-electron chi connectivity index (χ1n) is 11.1. The number of hydrogen-bond acceptors (Lipinski definition) is 1. The molecule has 2 saturated carbocycles. The van der Waals surface area contributed by atoms with Crippen LogP contribution in [0.3, 0.4) is 0 Å². The molecule has 0 bridgehead atoms. The van der Waals surface area contributed by atoms with E-state index in [4.69, 9.17) is 4.74 Å². The van der Waals surface area contributed by atoms with Gasteiger partial charge in [0.25, 0.3) is 0 Å². The molecule has 2 aliphatic carbocycles. The van der Waals surface area contributed by atoms with E-state index in [0.29, 0.717) is 6.10 Å². The fraction of sp³-hybridized carbons (Fsp3) is 0.913. The monoisotopic (exact) mass is 334 g/mol. The lowest BCUT2D eigenvalue weighted by Crippen LogP contribution is -2.23. The van der Waals surface area contributed by atoms with Crippen LogP contribution in [0.15, 0.2) is 12.2 Å². The Bertz CT molecular complexity index is 319. The molecule has 0 atom stereocenters. The molecular weight excluding hydrogens is 292 g/mol. The van der Waals surface area contributed by atoms with Gasteiger partial charge in [-0.3, -0.25) is 0 Å². The number of unbranched alkanes of at least 4 members (excludes halogenated alkanes) is 3. The predicted octanol–water partition coefficient (Wildman–Crippen LogP) is 7.30. The quantitative estimate of drug-likeness (QED) is 0.301. The summed E-state index contributed by atoms with van der Waals surface area (Å²) in [5.41, 5.74) is 0. The van der Waals surface area contributed by atoms with Gasteiger partial charge in [0.15, 0.2) is 0 Å². The summed E-state index contributed by atoms with van der Waals surface area (Å²) < 4.78 is 6.10. The lowest BCUT2D eigenvalue weighted by atomic mass is 9.77. The highest BCUT2D eigenvalue weighted by atomic mass is 16.5. The Morgan fingerprint density at radius 3 is 2.00 bits per heavy atom. The summed E-state index contributed by atoms with van der Waals surface area (Å²) in [4.78, 5) is 0. The normalized spacial score (nSPS) is 31.6. The van der Waals surface area contributed by atoms with Crippen molar-refractivity contribution in [1.29, 1.82) is 0 Å². The van der Waals surface area contributed by atoms with Gasteiger partial charge in [0, 0.05) is 6.61 Å². The van der Waals surface area contributed by atoms with Gasteiger partial charge in [0.05, 0.1) is 6.10 Å². The second kappa shape index (κ2) is 12.1. The Morgan fingerprint density at radius 2 is 1.42 bits per heavy atom. The van der Waals surface area contributed by atoms with Crippen LogP contribution >= 0.6 is 0 Å². The molecule has 0 aromatic rings. The maximum absolute atomic E-state index is 6.10. The van der Waals surface area contributed by atoms with Crippen LogP contribution in [-0.2, 0) is 4.74 Å². The van der Waals surface area contributed by atoms with Crippen LogP contribution in [0.4, 0.5) is 0 Å².